The van der Waals surface area contributed by atoms with Crippen molar-refractivity contribution in [2.24, 2.45) is 0 Å². The van der Waals surface area contributed by atoms with Crippen LogP contribution in [0.5, 0.6) is 11.5 Å². The normalized spacial score (nSPS) is 17.7. The molecule has 8 heteroatoms. The SMILES string of the molecule is COc1ccc(C(=O)Nc2ccc3c(c2)C(=O)N2CCC[C@@H]2C(=O)N3)cc1OC. The van der Waals surface area contributed by atoms with Gasteiger partial charge < -0.3 is 25.0 Å². The molecular weight excluding hydrogens is 374 g/mol. The van der Waals surface area contributed by atoms with E-state index in [9.17, 15) is 14.4 Å². The van der Waals surface area contributed by atoms with Gasteiger partial charge in [-0.15, -0.1) is 0 Å². The van der Waals surface area contributed by atoms with E-state index in [0.29, 0.717) is 47.0 Å². The average Bonchev–Trinajstić information content (AvgIpc) is 3.20. The Morgan fingerprint density at radius 2 is 1.90 bits per heavy atom. The van der Waals surface area contributed by atoms with Crippen molar-refractivity contribution in [2.45, 2.75) is 18.9 Å². The van der Waals surface area contributed by atoms with Crippen LogP contribution in [0.3, 0.4) is 0 Å². The Kier molecular flexibility index (Phi) is 4.84. The summed E-state index contributed by atoms with van der Waals surface area (Å²) in [5.74, 6) is 0.241. The Balaban J connectivity index is 1.60. The van der Waals surface area contributed by atoms with E-state index in [4.69, 9.17) is 9.47 Å². The van der Waals surface area contributed by atoms with E-state index < -0.39 is 6.04 Å². The molecule has 1 saturated heterocycles. The number of ether oxygens (including phenoxy) is 2. The van der Waals surface area contributed by atoms with Crippen LogP contribution in [0.4, 0.5) is 11.4 Å². The molecule has 150 valence electrons. The number of carbonyl (C=O) groups is 3. The number of hydrogen-bond acceptors (Lipinski definition) is 5. The van der Waals surface area contributed by atoms with E-state index in [2.05, 4.69) is 10.6 Å². The first-order valence-electron chi connectivity index (χ1n) is 9.31. The molecule has 2 aromatic rings. The van der Waals surface area contributed by atoms with E-state index in [1.807, 2.05) is 0 Å². The molecule has 0 aliphatic carbocycles. The van der Waals surface area contributed by atoms with Crippen molar-refractivity contribution < 1.29 is 23.9 Å². The van der Waals surface area contributed by atoms with Gasteiger partial charge in [-0.1, -0.05) is 0 Å². The van der Waals surface area contributed by atoms with Crippen LogP contribution >= 0.6 is 0 Å². The molecule has 29 heavy (non-hydrogen) atoms. The van der Waals surface area contributed by atoms with Crippen LogP contribution in [-0.4, -0.2) is 49.4 Å². The van der Waals surface area contributed by atoms with Gasteiger partial charge in [0.15, 0.2) is 11.5 Å². The maximum absolute atomic E-state index is 12.9. The molecule has 0 unspecified atom stereocenters. The molecule has 0 aromatic heterocycles. The molecule has 2 N–H and O–H groups in total. The minimum atomic E-state index is -0.431. The molecule has 0 radical (unpaired) electrons. The minimum absolute atomic E-state index is 0.170. The van der Waals surface area contributed by atoms with Gasteiger partial charge in [-0.2, -0.15) is 0 Å². The Morgan fingerprint density at radius 1 is 1.10 bits per heavy atom. The predicted molar refractivity (Wildman–Crippen MR) is 107 cm³/mol. The lowest BCUT2D eigenvalue weighted by Gasteiger charge is -2.20. The summed E-state index contributed by atoms with van der Waals surface area (Å²) in [6.45, 7) is 0.554. The number of amides is 3. The number of anilines is 2. The summed E-state index contributed by atoms with van der Waals surface area (Å²) >= 11 is 0. The number of nitrogens with one attached hydrogen (secondary N) is 2. The summed E-state index contributed by atoms with van der Waals surface area (Å²) in [4.78, 5) is 39.5. The first kappa shape index (κ1) is 18.8. The van der Waals surface area contributed by atoms with Gasteiger partial charge in [-0.3, -0.25) is 14.4 Å². The van der Waals surface area contributed by atoms with Crippen LogP contribution in [-0.2, 0) is 4.79 Å². The van der Waals surface area contributed by atoms with Crippen LogP contribution < -0.4 is 20.1 Å². The second-order valence-electron chi connectivity index (χ2n) is 6.93. The van der Waals surface area contributed by atoms with Gasteiger partial charge in [0, 0.05) is 17.8 Å². The third-order valence-corrected chi connectivity index (χ3v) is 5.23. The van der Waals surface area contributed by atoms with E-state index in [0.717, 1.165) is 6.42 Å². The fraction of sp³-hybridized carbons (Fsp3) is 0.286. The topological polar surface area (TPSA) is 97.0 Å². The van der Waals surface area contributed by atoms with Crippen molar-refractivity contribution in [1.29, 1.82) is 0 Å². The third kappa shape index (κ3) is 3.37. The Bertz CT molecular complexity index is 1000. The van der Waals surface area contributed by atoms with Crippen LogP contribution in [0.15, 0.2) is 36.4 Å². The fourth-order valence-corrected chi connectivity index (χ4v) is 3.74. The Morgan fingerprint density at radius 3 is 2.66 bits per heavy atom. The summed E-state index contributed by atoms with van der Waals surface area (Å²) in [7, 11) is 3.02. The zero-order chi connectivity index (χ0) is 20.5. The van der Waals surface area contributed by atoms with E-state index in [1.54, 1.807) is 41.3 Å². The average molecular weight is 395 g/mol. The van der Waals surface area contributed by atoms with E-state index in [1.165, 1.54) is 14.2 Å². The highest BCUT2D eigenvalue weighted by atomic mass is 16.5. The van der Waals surface area contributed by atoms with Gasteiger partial charge in [-0.25, -0.2) is 0 Å². The number of benzene rings is 2. The highest BCUT2D eigenvalue weighted by Gasteiger charge is 2.38. The summed E-state index contributed by atoms with van der Waals surface area (Å²) in [5.41, 5.74) is 1.67. The molecule has 1 fully saturated rings. The lowest BCUT2D eigenvalue weighted by Crippen LogP contribution is -2.40. The molecule has 4 rings (SSSR count). The summed E-state index contributed by atoms with van der Waals surface area (Å²) in [5, 5.41) is 5.61. The van der Waals surface area contributed by atoms with Crippen LogP contribution in [0.25, 0.3) is 0 Å². The lowest BCUT2D eigenvalue weighted by atomic mass is 10.1. The largest absolute Gasteiger partial charge is 0.493 e. The molecule has 0 saturated carbocycles. The van der Waals surface area contributed by atoms with Crippen LogP contribution in [0.2, 0.25) is 0 Å². The molecule has 1 atom stereocenters. The van der Waals surface area contributed by atoms with Crippen molar-refractivity contribution in [1.82, 2.24) is 4.90 Å². The van der Waals surface area contributed by atoms with Crippen molar-refractivity contribution in [3.63, 3.8) is 0 Å². The van der Waals surface area contributed by atoms with Gasteiger partial charge >= 0.3 is 0 Å². The molecule has 0 bridgehead atoms. The van der Waals surface area contributed by atoms with Crippen LogP contribution in [0, 0.1) is 0 Å². The highest BCUT2D eigenvalue weighted by Crippen LogP contribution is 2.31. The zero-order valence-corrected chi connectivity index (χ0v) is 16.2. The smallest absolute Gasteiger partial charge is 0.256 e. The third-order valence-electron chi connectivity index (χ3n) is 5.23. The maximum atomic E-state index is 12.9. The van der Waals surface area contributed by atoms with Crippen LogP contribution in [0.1, 0.15) is 33.6 Å². The number of fused-ring (bicyclic) bond motifs is 2. The van der Waals surface area contributed by atoms with Crippen molar-refractivity contribution in [3.8, 4) is 11.5 Å². The van der Waals surface area contributed by atoms with Gasteiger partial charge in [0.2, 0.25) is 5.91 Å². The first-order chi connectivity index (χ1) is 14.0. The Labute approximate surface area is 167 Å². The summed E-state index contributed by atoms with van der Waals surface area (Å²) < 4.78 is 10.4. The monoisotopic (exact) mass is 395 g/mol. The molecule has 2 aliphatic heterocycles. The molecule has 2 aliphatic rings. The second-order valence-corrected chi connectivity index (χ2v) is 6.93. The molecule has 2 aromatic carbocycles. The fourth-order valence-electron chi connectivity index (χ4n) is 3.74. The molecule has 8 nitrogen and oxygen atoms in total. The van der Waals surface area contributed by atoms with Crippen molar-refractivity contribution in [2.75, 3.05) is 31.4 Å². The van der Waals surface area contributed by atoms with E-state index in [-0.39, 0.29) is 17.7 Å². The standard InChI is InChI=1S/C21H21N3O5/c1-28-17-8-5-12(10-18(17)29-2)19(25)22-13-6-7-15-14(11-13)21(27)24-9-3-4-16(24)20(26)23-15/h5-8,10-11,16H,3-4,9H2,1-2H3,(H,22,25)(H,23,26)/t16-/m1/s1. The number of carbonyl (C=O) groups excluding carboxylic acids is 3. The summed E-state index contributed by atoms with van der Waals surface area (Å²) in [6.07, 6.45) is 1.46. The highest BCUT2D eigenvalue weighted by molar-refractivity contribution is 6.11. The Hall–Kier alpha value is -3.55. The van der Waals surface area contributed by atoms with Gasteiger partial charge in [0.05, 0.1) is 25.5 Å². The van der Waals surface area contributed by atoms with E-state index >= 15 is 0 Å². The number of methoxy groups -OCH3 is 2. The zero-order valence-electron chi connectivity index (χ0n) is 16.2. The molecule has 3 amide bonds. The predicted octanol–water partition coefficient (Wildman–Crippen LogP) is 2.51. The number of rotatable bonds is 4. The van der Waals surface area contributed by atoms with Gasteiger partial charge in [0.1, 0.15) is 6.04 Å². The van der Waals surface area contributed by atoms with Gasteiger partial charge in [0.25, 0.3) is 11.8 Å². The first-order valence-corrected chi connectivity index (χ1v) is 9.31. The van der Waals surface area contributed by atoms with Crippen molar-refractivity contribution in [3.05, 3.63) is 47.5 Å². The second kappa shape index (κ2) is 7.46. The lowest BCUT2D eigenvalue weighted by molar-refractivity contribution is -0.119. The minimum Gasteiger partial charge on any atom is -0.493 e. The number of hydrogen-bond donors (Lipinski definition) is 2. The van der Waals surface area contributed by atoms with Crippen molar-refractivity contribution >= 4 is 29.1 Å². The quantitative estimate of drug-likeness (QED) is 0.829. The maximum Gasteiger partial charge on any atom is 0.256 e. The summed E-state index contributed by atoms with van der Waals surface area (Å²) in [6, 6.07) is 9.31. The van der Waals surface area contributed by atoms with Gasteiger partial charge in [-0.05, 0) is 49.2 Å². The molecular formula is C21H21N3O5. The number of nitrogens with zero attached hydrogens (tertiary/aromatic N) is 1. The molecule has 2 heterocycles. The molecule has 0 spiro atoms.